The number of carbonyl (C=O) groups is 1. The van der Waals surface area contributed by atoms with Gasteiger partial charge in [-0.15, -0.1) is 0 Å². The van der Waals surface area contributed by atoms with E-state index < -0.39 is 0 Å². The number of hydrogen-bond acceptors (Lipinski definition) is 3. The number of carbonyl (C=O) groups excluding carboxylic acids is 1. The second kappa shape index (κ2) is 10.6. The lowest BCUT2D eigenvalue weighted by molar-refractivity contribution is -0.127. The van der Waals surface area contributed by atoms with Gasteiger partial charge >= 0.3 is 0 Å². The summed E-state index contributed by atoms with van der Waals surface area (Å²) in [6, 6.07) is 6.35. The van der Waals surface area contributed by atoms with Gasteiger partial charge in [-0.05, 0) is 109 Å². The largest absolute Gasteiger partial charge is 0.375 e. The lowest BCUT2D eigenvalue weighted by Gasteiger charge is -2.37. The molecule has 1 aromatic heterocycles. The van der Waals surface area contributed by atoms with E-state index in [2.05, 4.69) is 57.8 Å². The Morgan fingerprint density at radius 3 is 2.49 bits per heavy atom. The first kappa shape index (κ1) is 25.4. The molecule has 1 aromatic carbocycles. The highest BCUT2D eigenvalue weighted by Crippen LogP contribution is 2.46. The molecule has 4 nitrogen and oxygen atoms in total. The van der Waals surface area contributed by atoms with Crippen LogP contribution in [0, 0.1) is 5.92 Å². The minimum atomic E-state index is 0.149. The highest BCUT2D eigenvalue weighted by atomic mass is 79.9. The Morgan fingerprint density at radius 1 is 1.09 bits per heavy atom. The Balaban J connectivity index is 1.39. The van der Waals surface area contributed by atoms with Crippen LogP contribution in [0.2, 0.25) is 5.02 Å². The lowest BCUT2D eigenvalue weighted by Crippen LogP contribution is -2.39. The fourth-order valence-electron chi connectivity index (χ4n) is 6.18. The van der Waals surface area contributed by atoms with Crippen LogP contribution in [-0.4, -0.2) is 41.1 Å². The standard InChI is InChI=1S/C28H31Br2ClN2O2/c1-16-9-18(10-17(2)35-16)11-25(34)33-7-5-19(6-8-33)27-26-20(13-23(31)14-24(26)30)3-4-21-12-22(29)15-32-28(21)27/h11-17,19,27H,3-10H2,1-2H3/t16?,17?,27-/m1/s1. The number of amides is 1. The van der Waals surface area contributed by atoms with Gasteiger partial charge in [0.05, 0.1) is 17.9 Å². The molecule has 2 saturated heterocycles. The summed E-state index contributed by atoms with van der Waals surface area (Å²) in [4.78, 5) is 20.1. The van der Waals surface area contributed by atoms with Crippen LogP contribution < -0.4 is 0 Å². The van der Waals surface area contributed by atoms with Crippen LogP contribution in [0.4, 0.5) is 0 Å². The van der Waals surface area contributed by atoms with Crippen molar-refractivity contribution in [3.05, 3.63) is 72.4 Å². The molecule has 3 aliphatic rings. The molecular weight excluding hydrogens is 592 g/mol. The molecule has 0 radical (unpaired) electrons. The van der Waals surface area contributed by atoms with Crippen molar-refractivity contribution in [3.8, 4) is 0 Å². The molecule has 2 aliphatic heterocycles. The number of aromatic nitrogens is 1. The summed E-state index contributed by atoms with van der Waals surface area (Å²) in [6.45, 7) is 5.72. The highest BCUT2D eigenvalue weighted by Gasteiger charge is 2.36. The number of fused-ring (bicyclic) bond motifs is 2. The number of benzene rings is 1. The van der Waals surface area contributed by atoms with Crippen molar-refractivity contribution in [3.63, 3.8) is 0 Å². The molecule has 7 heteroatoms. The minimum absolute atomic E-state index is 0.149. The number of likely N-dealkylation sites (tertiary alicyclic amines) is 1. The number of rotatable bonds is 2. The Hall–Kier alpha value is -1.21. The average molecular weight is 623 g/mol. The molecule has 0 spiro atoms. The fraction of sp³-hybridized carbons (Fsp3) is 0.500. The van der Waals surface area contributed by atoms with Gasteiger partial charge in [-0.25, -0.2) is 0 Å². The van der Waals surface area contributed by atoms with Gasteiger partial charge in [-0.3, -0.25) is 9.78 Å². The smallest absolute Gasteiger partial charge is 0.246 e. The Labute approximate surface area is 229 Å². The van der Waals surface area contributed by atoms with Gasteiger partial charge in [0.1, 0.15) is 0 Å². The highest BCUT2D eigenvalue weighted by molar-refractivity contribution is 9.10. The summed E-state index contributed by atoms with van der Waals surface area (Å²) in [6.07, 6.45) is 9.66. The van der Waals surface area contributed by atoms with E-state index in [0.717, 1.165) is 65.6 Å². The zero-order valence-electron chi connectivity index (χ0n) is 20.2. The van der Waals surface area contributed by atoms with Crippen molar-refractivity contribution in [2.24, 2.45) is 5.92 Å². The SMILES string of the molecule is CC1CC(=CC(=O)N2CCC([C@H]3c4ncc(Br)cc4CCc4cc(Cl)cc(Br)c43)CC2)CC(C)O1. The molecule has 3 heterocycles. The van der Waals surface area contributed by atoms with E-state index in [1.54, 1.807) is 0 Å². The maximum atomic E-state index is 13.1. The normalized spacial score (nSPS) is 25.0. The van der Waals surface area contributed by atoms with E-state index in [1.165, 1.54) is 28.0 Å². The van der Waals surface area contributed by atoms with Crippen molar-refractivity contribution >= 4 is 49.4 Å². The molecule has 3 atom stereocenters. The molecule has 0 N–H and O–H groups in total. The lowest BCUT2D eigenvalue weighted by atomic mass is 9.76. The summed E-state index contributed by atoms with van der Waals surface area (Å²) in [5, 5.41) is 0.764. The maximum Gasteiger partial charge on any atom is 0.246 e. The van der Waals surface area contributed by atoms with Crippen LogP contribution >= 0.6 is 43.5 Å². The number of pyridine rings is 1. The first-order valence-corrected chi connectivity index (χ1v) is 14.5. The van der Waals surface area contributed by atoms with Crippen LogP contribution in [0.1, 0.15) is 67.8 Å². The Morgan fingerprint density at radius 2 is 1.77 bits per heavy atom. The summed E-state index contributed by atoms with van der Waals surface area (Å²) < 4.78 is 7.91. The number of ether oxygens (including phenoxy) is 1. The van der Waals surface area contributed by atoms with Crippen molar-refractivity contribution in [1.82, 2.24) is 9.88 Å². The summed E-state index contributed by atoms with van der Waals surface area (Å²) >= 11 is 13.9. The van der Waals surface area contributed by atoms with Crippen LogP contribution in [-0.2, 0) is 22.4 Å². The predicted molar refractivity (Wildman–Crippen MR) is 147 cm³/mol. The van der Waals surface area contributed by atoms with E-state index in [1.807, 2.05) is 23.2 Å². The topological polar surface area (TPSA) is 42.4 Å². The zero-order valence-corrected chi connectivity index (χ0v) is 24.1. The molecule has 0 saturated carbocycles. The Kier molecular flexibility index (Phi) is 7.74. The molecule has 35 heavy (non-hydrogen) atoms. The molecule has 5 rings (SSSR count). The summed E-state index contributed by atoms with van der Waals surface area (Å²) in [5.74, 6) is 0.753. The van der Waals surface area contributed by atoms with Crippen LogP contribution in [0.25, 0.3) is 0 Å². The molecular formula is C28H31Br2ClN2O2. The molecule has 2 unspecified atom stereocenters. The van der Waals surface area contributed by atoms with Crippen molar-refractivity contribution in [1.29, 1.82) is 0 Å². The first-order chi connectivity index (χ1) is 16.8. The van der Waals surface area contributed by atoms with E-state index in [-0.39, 0.29) is 24.0 Å². The van der Waals surface area contributed by atoms with Gasteiger partial charge in [-0.1, -0.05) is 33.1 Å². The van der Waals surface area contributed by atoms with Gasteiger partial charge < -0.3 is 9.64 Å². The number of halogens is 3. The second-order valence-electron chi connectivity index (χ2n) is 10.3. The molecule has 186 valence electrons. The van der Waals surface area contributed by atoms with Crippen LogP contribution in [0.15, 0.2) is 45.0 Å². The molecule has 2 aromatic rings. The van der Waals surface area contributed by atoms with Gasteiger partial charge in [0.15, 0.2) is 0 Å². The van der Waals surface area contributed by atoms with Gasteiger partial charge in [0.25, 0.3) is 0 Å². The number of piperidine rings is 1. The average Bonchev–Trinajstić information content (AvgIpc) is 2.95. The quantitative estimate of drug-likeness (QED) is 0.332. The van der Waals surface area contributed by atoms with Crippen molar-refractivity contribution < 1.29 is 9.53 Å². The maximum absolute atomic E-state index is 13.1. The van der Waals surface area contributed by atoms with Crippen molar-refractivity contribution in [2.75, 3.05) is 13.1 Å². The molecule has 0 bridgehead atoms. The summed E-state index contributed by atoms with van der Waals surface area (Å²) in [7, 11) is 0. The fourth-order valence-corrected chi connectivity index (χ4v) is 7.68. The van der Waals surface area contributed by atoms with Gasteiger partial charge in [0.2, 0.25) is 5.91 Å². The Bertz CT molecular complexity index is 1150. The van der Waals surface area contributed by atoms with Gasteiger partial charge in [-0.2, -0.15) is 0 Å². The molecule has 2 fully saturated rings. The van der Waals surface area contributed by atoms with Gasteiger partial charge in [0, 0.05) is 45.2 Å². The van der Waals surface area contributed by atoms with Crippen LogP contribution in [0.5, 0.6) is 0 Å². The van der Waals surface area contributed by atoms with Crippen molar-refractivity contribution in [2.45, 2.75) is 70.5 Å². The third-order valence-electron chi connectivity index (χ3n) is 7.63. The van der Waals surface area contributed by atoms with E-state index in [4.69, 9.17) is 21.3 Å². The second-order valence-corrected chi connectivity index (χ2v) is 12.5. The van der Waals surface area contributed by atoms with E-state index >= 15 is 0 Å². The first-order valence-electron chi connectivity index (χ1n) is 12.5. The molecule has 1 aliphatic carbocycles. The number of nitrogens with zero attached hydrogens (tertiary/aromatic N) is 2. The van der Waals surface area contributed by atoms with Crippen LogP contribution in [0.3, 0.4) is 0 Å². The van der Waals surface area contributed by atoms with E-state index in [0.29, 0.717) is 5.92 Å². The molecule has 1 amide bonds. The minimum Gasteiger partial charge on any atom is -0.375 e. The van der Waals surface area contributed by atoms with E-state index in [9.17, 15) is 4.79 Å². The zero-order chi connectivity index (χ0) is 24.7. The number of aryl methyl sites for hydroxylation is 2. The third-order valence-corrected chi connectivity index (χ3v) is 8.94. The predicted octanol–water partition coefficient (Wildman–Crippen LogP) is 7.24. The summed E-state index contributed by atoms with van der Waals surface area (Å²) in [5.41, 5.74) is 6.31. The third kappa shape index (κ3) is 5.56. The monoisotopic (exact) mass is 620 g/mol. The number of hydrogen-bond donors (Lipinski definition) is 0.